The van der Waals surface area contributed by atoms with Gasteiger partial charge in [-0.05, 0) is 36.0 Å². The summed E-state index contributed by atoms with van der Waals surface area (Å²) in [5.41, 5.74) is 9.41. The lowest BCUT2D eigenvalue weighted by atomic mass is 9.81. The van der Waals surface area contributed by atoms with Crippen molar-refractivity contribution in [1.29, 1.82) is 0 Å². The summed E-state index contributed by atoms with van der Waals surface area (Å²) in [5, 5.41) is 0. The lowest BCUT2D eigenvalue weighted by Crippen LogP contribution is -2.30. The number of hydrogen-bond acceptors (Lipinski definition) is 4. The molecule has 142 valence electrons. The minimum Gasteiger partial charge on any atom is -0.465 e. The van der Waals surface area contributed by atoms with Crippen molar-refractivity contribution < 1.29 is 9.53 Å². The third-order valence-corrected chi connectivity index (χ3v) is 5.59. The van der Waals surface area contributed by atoms with E-state index in [1.165, 1.54) is 31.9 Å². The van der Waals surface area contributed by atoms with E-state index in [1.807, 2.05) is 12.1 Å². The van der Waals surface area contributed by atoms with Gasteiger partial charge in [-0.25, -0.2) is 4.79 Å². The first-order valence-corrected chi connectivity index (χ1v) is 10.4. The Labute approximate surface area is 161 Å². The molecule has 1 aromatic carbocycles. The summed E-state index contributed by atoms with van der Waals surface area (Å²) in [4.78, 5) is 14.2. The van der Waals surface area contributed by atoms with Gasteiger partial charge in [0.25, 0.3) is 0 Å². The summed E-state index contributed by atoms with van der Waals surface area (Å²) in [6.07, 6.45) is 4.86. The maximum absolute atomic E-state index is 12.0. The van der Waals surface area contributed by atoms with E-state index in [0.717, 1.165) is 18.7 Å². The Bertz CT molecular complexity index is 536. The summed E-state index contributed by atoms with van der Waals surface area (Å²) < 4.78 is 4.89. The fourth-order valence-corrected chi connectivity index (χ4v) is 3.90. The van der Waals surface area contributed by atoms with Crippen LogP contribution in [0.4, 0.5) is 5.69 Å². The second kappa shape index (κ2) is 11.5. The summed E-state index contributed by atoms with van der Waals surface area (Å²) in [5.74, 6) is 0.760. The molecular formula is C20H33BrN2O2. The van der Waals surface area contributed by atoms with Gasteiger partial charge >= 0.3 is 5.97 Å². The molecule has 0 bridgehead atoms. The minimum atomic E-state index is -0.305. The SMILES string of the molecule is CCCCC(CC)C(C)c1ccc(C(=O)OC)cc1N(CBr)CCN. The third kappa shape index (κ3) is 6.00. The number of carbonyl (C=O) groups excluding carboxylic acids is 1. The van der Waals surface area contributed by atoms with Crippen molar-refractivity contribution in [2.75, 3.05) is 30.6 Å². The molecule has 0 aliphatic carbocycles. The Balaban J connectivity index is 3.28. The van der Waals surface area contributed by atoms with Crippen LogP contribution >= 0.6 is 15.9 Å². The Morgan fingerprint density at radius 3 is 2.60 bits per heavy atom. The second-order valence-corrected chi connectivity index (χ2v) is 7.04. The maximum atomic E-state index is 12.0. The van der Waals surface area contributed by atoms with Crippen molar-refractivity contribution >= 4 is 27.6 Å². The van der Waals surface area contributed by atoms with Gasteiger partial charge in [0.1, 0.15) is 0 Å². The Morgan fingerprint density at radius 1 is 1.36 bits per heavy atom. The highest BCUT2D eigenvalue weighted by Gasteiger charge is 2.23. The second-order valence-electron chi connectivity index (χ2n) is 6.54. The van der Waals surface area contributed by atoms with Gasteiger partial charge in [0.2, 0.25) is 0 Å². The number of esters is 1. The molecule has 0 aliphatic heterocycles. The van der Waals surface area contributed by atoms with Crippen molar-refractivity contribution in [3.05, 3.63) is 29.3 Å². The van der Waals surface area contributed by atoms with E-state index in [2.05, 4.69) is 47.7 Å². The Kier molecular flexibility index (Phi) is 10.1. The van der Waals surface area contributed by atoms with Gasteiger partial charge in [0.15, 0.2) is 0 Å². The van der Waals surface area contributed by atoms with Crippen LogP contribution in [-0.2, 0) is 4.74 Å². The number of anilines is 1. The average molecular weight is 413 g/mol. The molecule has 2 atom stereocenters. The van der Waals surface area contributed by atoms with E-state index in [4.69, 9.17) is 10.5 Å². The number of nitrogens with zero attached hydrogens (tertiary/aromatic N) is 1. The molecule has 0 saturated carbocycles. The molecule has 2 N–H and O–H groups in total. The molecule has 4 nitrogen and oxygen atoms in total. The molecule has 0 aromatic heterocycles. The van der Waals surface area contributed by atoms with Gasteiger partial charge in [0.05, 0.1) is 18.1 Å². The largest absolute Gasteiger partial charge is 0.465 e. The normalized spacial score (nSPS) is 13.4. The van der Waals surface area contributed by atoms with Crippen LogP contribution in [0, 0.1) is 5.92 Å². The number of alkyl halides is 1. The van der Waals surface area contributed by atoms with E-state index in [9.17, 15) is 4.79 Å². The van der Waals surface area contributed by atoms with Crippen LogP contribution in [0.5, 0.6) is 0 Å². The smallest absolute Gasteiger partial charge is 0.337 e. The van der Waals surface area contributed by atoms with Crippen LogP contribution in [0.3, 0.4) is 0 Å². The molecule has 5 heteroatoms. The first-order chi connectivity index (χ1) is 12.0. The molecule has 0 heterocycles. The van der Waals surface area contributed by atoms with E-state index in [1.54, 1.807) is 0 Å². The van der Waals surface area contributed by atoms with E-state index in [-0.39, 0.29) is 5.97 Å². The number of rotatable bonds is 11. The van der Waals surface area contributed by atoms with Crippen molar-refractivity contribution in [2.24, 2.45) is 11.7 Å². The Hall–Kier alpha value is -1.07. The van der Waals surface area contributed by atoms with Gasteiger partial charge < -0.3 is 15.4 Å². The number of nitrogens with two attached hydrogens (primary N) is 1. The molecule has 0 amide bonds. The van der Waals surface area contributed by atoms with Gasteiger partial charge in [-0.15, -0.1) is 0 Å². The van der Waals surface area contributed by atoms with E-state index >= 15 is 0 Å². The fraction of sp³-hybridized carbons (Fsp3) is 0.650. The molecule has 0 radical (unpaired) electrons. The molecular weight excluding hydrogens is 380 g/mol. The molecule has 25 heavy (non-hydrogen) atoms. The van der Waals surface area contributed by atoms with Crippen molar-refractivity contribution in [2.45, 2.75) is 52.4 Å². The van der Waals surface area contributed by atoms with Crippen LogP contribution < -0.4 is 10.6 Å². The van der Waals surface area contributed by atoms with Crippen molar-refractivity contribution in [3.8, 4) is 0 Å². The number of hydrogen-bond donors (Lipinski definition) is 1. The first-order valence-electron chi connectivity index (χ1n) is 9.27. The number of ether oxygens (including phenoxy) is 1. The molecule has 0 aliphatic rings. The van der Waals surface area contributed by atoms with Crippen LogP contribution in [0.1, 0.15) is 68.3 Å². The van der Waals surface area contributed by atoms with Gasteiger partial charge in [-0.3, -0.25) is 0 Å². The van der Waals surface area contributed by atoms with Gasteiger partial charge in [-0.2, -0.15) is 0 Å². The zero-order chi connectivity index (χ0) is 18.8. The standard InChI is InChI=1S/C20H33BrN2O2/c1-5-7-8-16(6-2)15(3)18-10-9-17(20(24)25-4)13-19(18)23(14-21)12-11-22/h9-10,13,15-16H,5-8,11-12,14,22H2,1-4H3. The number of carbonyl (C=O) groups is 1. The quantitative estimate of drug-likeness (QED) is 0.318. The lowest BCUT2D eigenvalue weighted by Gasteiger charge is -2.30. The molecule has 0 saturated heterocycles. The maximum Gasteiger partial charge on any atom is 0.337 e. The molecule has 1 aromatic rings. The molecule has 0 spiro atoms. The van der Waals surface area contributed by atoms with E-state index < -0.39 is 0 Å². The summed E-state index contributed by atoms with van der Waals surface area (Å²) in [7, 11) is 1.42. The number of methoxy groups -OCH3 is 1. The van der Waals surface area contributed by atoms with Gasteiger partial charge in [0, 0.05) is 18.8 Å². The molecule has 2 unspecified atom stereocenters. The summed E-state index contributed by atoms with van der Waals surface area (Å²) in [6.45, 7) is 8.11. The molecule has 0 fully saturated rings. The zero-order valence-electron chi connectivity index (χ0n) is 16.1. The van der Waals surface area contributed by atoms with Crippen molar-refractivity contribution in [3.63, 3.8) is 0 Å². The number of halogens is 1. The molecule has 1 rings (SSSR count). The van der Waals surface area contributed by atoms with Crippen LogP contribution in [0.25, 0.3) is 0 Å². The van der Waals surface area contributed by atoms with Crippen molar-refractivity contribution in [1.82, 2.24) is 0 Å². The zero-order valence-corrected chi connectivity index (χ0v) is 17.6. The topological polar surface area (TPSA) is 55.6 Å². The predicted octanol–water partition coefficient (Wildman–Crippen LogP) is 4.91. The first kappa shape index (κ1) is 22.0. The third-order valence-electron chi connectivity index (χ3n) is 4.99. The summed E-state index contributed by atoms with van der Waals surface area (Å²) >= 11 is 3.57. The monoisotopic (exact) mass is 412 g/mol. The van der Waals surface area contributed by atoms with Crippen LogP contribution in [0.15, 0.2) is 18.2 Å². The van der Waals surface area contributed by atoms with E-state index in [0.29, 0.717) is 29.4 Å². The highest BCUT2D eigenvalue weighted by molar-refractivity contribution is 9.09. The van der Waals surface area contributed by atoms with Crippen LogP contribution in [0.2, 0.25) is 0 Å². The Morgan fingerprint density at radius 2 is 2.08 bits per heavy atom. The average Bonchev–Trinajstić information content (AvgIpc) is 2.65. The highest BCUT2D eigenvalue weighted by atomic mass is 79.9. The summed E-state index contributed by atoms with van der Waals surface area (Å²) in [6, 6.07) is 5.91. The minimum absolute atomic E-state index is 0.305. The number of unbranched alkanes of at least 4 members (excludes halogenated alkanes) is 1. The van der Waals surface area contributed by atoms with Gasteiger partial charge in [-0.1, -0.05) is 62.0 Å². The predicted molar refractivity (Wildman–Crippen MR) is 110 cm³/mol. The fourth-order valence-electron chi connectivity index (χ4n) is 3.38. The lowest BCUT2D eigenvalue weighted by molar-refractivity contribution is 0.0600. The highest BCUT2D eigenvalue weighted by Crippen LogP contribution is 2.37. The van der Waals surface area contributed by atoms with Crippen LogP contribution in [-0.4, -0.2) is 31.6 Å². The number of benzene rings is 1.